The van der Waals surface area contributed by atoms with Crippen LogP contribution in [0.5, 0.6) is 0 Å². The molecule has 3 heteroatoms. The smallest absolute Gasteiger partial charge is 0.338 e. The van der Waals surface area contributed by atoms with E-state index in [4.69, 9.17) is 4.74 Å². The maximum Gasteiger partial charge on any atom is 0.338 e. The van der Waals surface area contributed by atoms with Crippen molar-refractivity contribution in [2.24, 2.45) is 0 Å². The Morgan fingerprint density at radius 2 is 1.58 bits per heavy atom. The van der Waals surface area contributed by atoms with Crippen LogP contribution in [0.15, 0.2) is 60.7 Å². The van der Waals surface area contributed by atoms with Crippen LogP contribution in [-0.4, -0.2) is 17.9 Å². The van der Waals surface area contributed by atoms with Gasteiger partial charge in [-0.1, -0.05) is 42.5 Å². The lowest BCUT2D eigenvalue weighted by molar-refractivity contribution is 0.0319. The number of aryl methyl sites for hydroxylation is 2. The predicted molar refractivity (Wildman–Crippen MR) is 102 cm³/mol. The molecule has 0 saturated heterocycles. The van der Waals surface area contributed by atoms with Crippen molar-refractivity contribution in [3.05, 3.63) is 82.9 Å². The molecule has 0 aromatic heterocycles. The lowest BCUT2D eigenvalue weighted by Gasteiger charge is -2.13. The molecular formula is C23H20O3. The van der Waals surface area contributed by atoms with Crippen molar-refractivity contribution >= 4 is 22.5 Å². The zero-order valence-corrected chi connectivity index (χ0v) is 14.7. The second kappa shape index (κ2) is 6.75. The predicted octanol–water partition coefficient (Wildman–Crippen LogP) is 4.76. The molecule has 0 amide bonds. The van der Waals surface area contributed by atoms with Gasteiger partial charge in [0.15, 0.2) is 6.10 Å². The third-order valence-electron chi connectivity index (χ3n) is 5.02. The molecule has 1 aliphatic rings. The number of benzene rings is 3. The number of rotatable bonds is 4. The summed E-state index contributed by atoms with van der Waals surface area (Å²) < 4.78 is 5.43. The minimum absolute atomic E-state index is 0.158. The Morgan fingerprint density at radius 3 is 2.42 bits per heavy atom. The molecule has 3 aromatic rings. The SMILES string of the molecule is C[C@H](OC(=O)c1ccc2ccccc2c1)C(=O)c1ccc2c(c1)CCC2. The van der Waals surface area contributed by atoms with Gasteiger partial charge in [0, 0.05) is 5.56 Å². The van der Waals surface area contributed by atoms with Crippen LogP contribution in [-0.2, 0) is 17.6 Å². The molecule has 4 rings (SSSR count). The van der Waals surface area contributed by atoms with E-state index in [9.17, 15) is 9.59 Å². The number of hydrogen-bond acceptors (Lipinski definition) is 3. The van der Waals surface area contributed by atoms with Gasteiger partial charge < -0.3 is 4.74 Å². The van der Waals surface area contributed by atoms with E-state index >= 15 is 0 Å². The van der Waals surface area contributed by atoms with Crippen LogP contribution in [0, 0.1) is 0 Å². The first-order valence-corrected chi connectivity index (χ1v) is 8.97. The Balaban J connectivity index is 1.50. The fourth-order valence-corrected chi connectivity index (χ4v) is 3.56. The standard InChI is InChI=1S/C23H20O3/c1-15(22(24)20-11-9-17-7-4-8-19(17)13-20)26-23(25)21-12-10-16-5-2-3-6-18(16)14-21/h2-3,5-6,9-15H,4,7-8H2,1H3/t15-/m0/s1. The summed E-state index contributed by atoms with van der Waals surface area (Å²) in [6.07, 6.45) is 2.42. The quantitative estimate of drug-likeness (QED) is 0.506. The Bertz CT molecular complexity index is 1000. The Morgan fingerprint density at radius 1 is 0.846 bits per heavy atom. The summed E-state index contributed by atoms with van der Waals surface area (Å²) in [5.74, 6) is -0.633. The lowest BCUT2D eigenvalue weighted by Crippen LogP contribution is -2.24. The van der Waals surface area contributed by atoms with E-state index in [1.807, 2.05) is 48.5 Å². The highest BCUT2D eigenvalue weighted by molar-refractivity contribution is 6.02. The zero-order chi connectivity index (χ0) is 18.1. The van der Waals surface area contributed by atoms with Gasteiger partial charge in [0.05, 0.1) is 5.56 Å². The number of hydrogen-bond donors (Lipinski definition) is 0. The first-order valence-electron chi connectivity index (χ1n) is 8.97. The van der Waals surface area contributed by atoms with Gasteiger partial charge >= 0.3 is 5.97 Å². The Kier molecular flexibility index (Phi) is 4.29. The molecule has 1 atom stereocenters. The first kappa shape index (κ1) is 16.5. The van der Waals surface area contributed by atoms with Crippen molar-refractivity contribution in [2.75, 3.05) is 0 Å². The molecule has 0 N–H and O–H groups in total. The summed E-state index contributed by atoms with van der Waals surface area (Å²) >= 11 is 0. The van der Waals surface area contributed by atoms with Crippen LogP contribution in [0.1, 0.15) is 45.2 Å². The van der Waals surface area contributed by atoms with Crippen molar-refractivity contribution in [3.8, 4) is 0 Å². The molecule has 0 saturated carbocycles. The molecule has 0 unspecified atom stereocenters. The third-order valence-corrected chi connectivity index (χ3v) is 5.02. The number of ketones is 1. The van der Waals surface area contributed by atoms with Crippen LogP contribution < -0.4 is 0 Å². The van der Waals surface area contributed by atoms with Crippen molar-refractivity contribution in [1.82, 2.24) is 0 Å². The van der Waals surface area contributed by atoms with Crippen molar-refractivity contribution in [2.45, 2.75) is 32.3 Å². The molecule has 0 spiro atoms. The highest BCUT2D eigenvalue weighted by atomic mass is 16.5. The van der Waals surface area contributed by atoms with Crippen molar-refractivity contribution in [3.63, 3.8) is 0 Å². The summed E-state index contributed by atoms with van der Waals surface area (Å²) in [4.78, 5) is 25.1. The third kappa shape index (κ3) is 3.13. The summed E-state index contributed by atoms with van der Waals surface area (Å²) in [5, 5.41) is 2.03. The Hall–Kier alpha value is -2.94. The molecular weight excluding hydrogens is 324 g/mol. The monoisotopic (exact) mass is 344 g/mol. The highest BCUT2D eigenvalue weighted by Gasteiger charge is 2.22. The molecule has 3 aromatic carbocycles. The van der Waals surface area contributed by atoms with Gasteiger partial charge in [0.25, 0.3) is 0 Å². The van der Waals surface area contributed by atoms with Crippen LogP contribution in [0.2, 0.25) is 0 Å². The van der Waals surface area contributed by atoms with E-state index in [1.165, 1.54) is 11.1 Å². The lowest BCUT2D eigenvalue weighted by atomic mass is 10.0. The molecule has 130 valence electrons. The number of carbonyl (C=O) groups is 2. The second-order valence-corrected chi connectivity index (χ2v) is 6.81. The molecule has 3 nitrogen and oxygen atoms in total. The molecule has 0 aliphatic heterocycles. The number of Topliss-reactive ketones (excluding diaryl/α,β-unsaturated/α-hetero) is 1. The normalized spacial score (nSPS) is 14.0. The van der Waals surface area contributed by atoms with E-state index in [2.05, 4.69) is 0 Å². The Labute approximate surface area is 152 Å². The zero-order valence-electron chi connectivity index (χ0n) is 14.7. The molecule has 0 fully saturated rings. The highest BCUT2D eigenvalue weighted by Crippen LogP contribution is 2.24. The van der Waals surface area contributed by atoms with E-state index < -0.39 is 12.1 Å². The van der Waals surface area contributed by atoms with Crippen LogP contribution in [0.4, 0.5) is 0 Å². The van der Waals surface area contributed by atoms with Crippen molar-refractivity contribution in [1.29, 1.82) is 0 Å². The largest absolute Gasteiger partial charge is 0.451 e. The minimum Gasteiger partial charge on any atom is -0.451 e. The van der Waals surface area contributed by atoms with Crippen LogP contribution in [0.25, 0.3) is 10.8 Å². The van der Waals surface area contributed by atoms with Gasteiger partial charge in [-0.15, -0.1) is 0 Å². The maximum absolute atomic E-state index is 12.6. The summed E-state index contributed by atoms with van der Waals surface area (Å²) in [6.45, 7) is 1.63. The van der Waals surface area contributed by atoms with Crippen LogP contribution in [0.3, 0.4) is 0 Å². The maximum atomic E-state index is 12.6. The first-order chi connectivity index (χ1) is 12.6. The molecule has 0 heterocycles. The molecule has 1 aliphatic carbocycles. The van der Waals surface area contributed by atoms with Gasteiger partial charge in [0.2, 0.25) is 5.78 Å². The summed E-state index contributed by atoms with van der Waals surface area (Å²) in [6, 6.07) is 19.1. The van der Waals surface area contributed by atoms with Crippen molar-refractivity contribution < 1.29 is 14.3 Å². The molecule has 0 bridgehead atoms. The number of fused-ring (bicyclic) bond motifs is 2. The minimum atomic E-state index is -0.812. The fraction of sp³-hybridized carbons (Fsp3) is 0.217. The number of ether oxygens (including phenoxy) is 1. The van der Waals surface area contributed by atoms with E-state index in [-0.39, 0.29) is 5.78 Å². The topological polar surface area (TPSA) is 43.4 Å². The average molecular weight is 344 g/mol. The second-order valence-electron chi connectivity index (χ2n) is 6.81. The number of carbonyl (C=O) groups excluding carboxylic acids is 2. The van der Waals surface area contributed by atoms with E-state index in [1.54, 1.807) is 19.1 Å². The van der Waals surface area contributed by atoms with Gasteiger partial charge in [-0.2, -0.15) is 0 Å². The number of esters is 1. The average Bonchev–Trinajstić information content (AvgIpc) is 3.14. The van der Waals surface area contributed by atoms with Gasteiger partial charge in [0.1, 0.15) is 0 Å². The fourth-order valence-electron chi connectivity index (χ4n) is 3.56. The van der Waals surface area contributed by atoms with Gasteiger partial charge in [-0.25, -0.2) is 4.79 Å². The van der Waals surface area contributed by atoms with Gasteiger partial charge in [-0.3, -0.25) is 4.79 Å². The van der Waals surface area contributed by atoms with E-state index in [0.717, 1.165) is 30.0 Å². The van der Waals surface area contributed by atoms with E-state index in [0.29, 0.717) is 11.1 Å². The molecule has 26 heavy (non-hydrogen) atoms. The van der Waals surface area contributed by atoms with Crippen LogP contribution >= 0.6 is 0 Å². The summed E-state index contributed by atoms with van der Waals surface area (Å²) in [7, 11) is 0. The van der Waals surface area contributed by atoms with Gasteiger partial charge in [-0.05, 0) is 66.3 Å². The molecule has 0 radical (unpaired) electrons. The summed E-state index contributed by atoms with van der Waals surface area (Å²) in [5.41, 5.74) is 3.63.